The van der Waals surface area contributed by atoms with Crippen LogP contribution < -0.4 is 5.73 Å². The molecule has 1 aromatic rings. The van der Waals surface area contributed by atoms with E-state index in [1.54, 1.807) is 13.0 Å². The molecule has 1 aliphatic heterocycles. The van der Waals surface area contributed by atoms with Gasteiger partial charge in [0.2, 0.25) is 0 Å². The first-order valence-corrected chi connectivity index (χ1v) is 6.82. The van der Waals surface area contributed by atoms with Crippen molar-refractivity contribution in [3.05, 3.63) is 35.1 Å². The number of rotatable bonds is 4. The smallest absolute Gasteiger partial charge is 0.126 e. The number of hydrogen-bond acceptors (Lipinski definition) is 3. The van der Waals surface area contributed by atoms with E-state index in [1.807, 2.05) is 13.0 Å². The second-order valence-electron chi connectivity index (χ2n) is 5.10. The molecule has 0 aromatic heterocycles. The molecule has 0 spiro atoms. The van der Waals surface area contributed by atoms with Crippen molar-refractivity contribution in [2.24, 2.45) is 5.73 Å². The molecule has 0 aliphatic carbocycles. The minimum atomic E-state index is -0.436. The SMILES string of the molecule is CCOC1(C(N)c2ccc(C)c(F)c2)CCOCC1. The summed E-state index contributed by atoms with van der Waals surface area (Å²) in [6.07, 6.45) is 1.50. The summed E-state index contributed by atoms with van der Waals surface area (Å²) < 4.78 is 25.0. The van der Waals surface area contributed by atoms with Crippen LogP contribution in [0.5, 0.6) is 0 Å². The maximum absolute atomic E-state index is 13.7. The lowest BCUT2D eigenvalue weighted by Crippen LogP contribution is -2.48. The zero-order valence-corrected chi connectivity index (χ0v) is 11.6. The van der Waals surface area contributed by atoms with Crippen LogP contribution >= 0.6 is 0 Å². The molecule has 1 heterocycles. The third-order valence-corrected chi connectivity index (χ3v) is 3.89. The average molecular weight is 267 g/mol. The van der Waals surface area contributed by atoms with Gasteiger partial charge in [-0.05, 0) is 31.0 Å². The molecule has 2 rings (SSSR count). The minimum Gasteiger partial charge on any atom is -0.381 e. The summed E-state index contributed by atoms with van der Waals surface area (Å²) in [7, 11) is 0. The van der Waals surface area contributed by atoms with E-state index in [9.17, 15) is 4.39 Å². The highest BCUT2D eigenvalue weighted by molar-refractivity contribution is 5.27. The maximum atomic E-state index is 13.7. The molecule has 1 atom stereocenters. The second kappa shape index (κ2) is 5.99. The molecule has 0 radical (unpaired) electrons. The molecule has 1 saturated heterocycles. The second-order valence-corrected chi connectivity index (χ2v) is 5.10. The van der Waals surface area contributed by atoms with Crippen molar-refractivity contribution in [2.75, 3.05) is 19.8 Å². The number of nitrogens with two attached hydrogens (primary N) is 1. The van der Waals surface area contributed by atoms with Gasteiger partial charge in [0.05, 0.1) is 11.6 Å². The van der Waals surface area contributed by atoms with Gasteiger partial charge >= 0.3 is 0 Å². The van der Waals surface area contributed by atoms with E-state index >= 15 is 0 Å². The molecule has 106 valence electrons. The zero-order valence-electron chi connectivity index (χ0n) is 11.6. The molecular formula is C15H22FNO2. The van der Waals surface area contributed by atoms with Gasteiger partial charge in [-0.25, -0.2) is 4.39 Å². The van der Waals surface area contributed by atoms with Crippen molar-refractivity contribution >= 4 is 0 Å². The first-order valence-electron chi connectivity index (χ1n) is 6.82. The fourth-order valence-electron chi connectivity index (χ4n) is 2.66. The topological polar surface area (TPSA) is 44.5 Å². The minimum absolute atomic E-state index is 0.216. The first kappa shape index (κ1) is 14.4. The Balaban J connectivity index is 2.27. The molecule has 2 N–H and O–H groups in total. The van der Waals surface area contributed by atoms with Crippen LogP contribution in [0.3, 0.4) is 0 Å². The summed E-state index contributed by atoms with van der Waals surface area (Å²) in [5, 5.41) is 0. The van der Waals surface area contributed by atoms with E-state index in [4.69, 9.17) is 15.2 Å². The normalized spacial score (nSPS) is 20.2. The third-order valence-electron chi connectivity index (χ3n) is 3.89. The maximum Gasteiger partial charge on any atom is 0.126 e. The van der Waals surface area contributed by atoms with E-state index in [0.717, 1.165) is 18.4 Å². The Hall–Kier alpha value is -0.970. The van der Waals surface area contributed by atoms with Crippen LogP contribution in [0, 0.1) is 12.7 Å². The van der Waals surface area contributed by atoms with Crippen LogP contribution in [0.2, 0.25) is 0 Å². The summed E-state index contributed by atoms with van der Waals surface area (Å²) in [5.41, 5.74) is 7.35. The molecule has 1 unspecified atom stereocenters. The summed E-state index contributed by atoms with van der Waals surface area (Å²) in [4.78, 5) is 0. The number of hydrogen-bond donors (Lipinski definition) is 1. The highest BCUT2D eigenvalue weighted by Crippen LogP contribution is 2.36. The Morgan fingerprint density at radius 1 is 1.42 bits per heavy atom. The van der Waals surface area contributed by atoms with Crippen molar-refractivity contribution < 1.29 is 13.9 Å². The van der Waals surface area contributed by atoms with Crippen LogP contribution in [-0.2, 0) is 9.47 Å². The molecule has 3 nitrogen and oxygen atoms in total. The Kier molecular flexibility index (Phi) is 4.55. The van der Waals surface area contributed by atoms with Crippen molar-refractivity contribution in [1.82, 2.24) is 0 Å². The van der Waals surface area contributed by atoms with Gasteiger partial charge in [0.1, 0.15) is 5.82 Å². The van der Waals surface area contributed by atoms with E-state index in [-0.39, 0.29) is 11.9 Å². The molecule has 1 aromatic carbocycles. The van der Waals surface area contributed by atoms with Gasteiger partial charge < -0.3 is 15.2 Å². The molecule has 0 saturated carbocycles. The highest BCUT2D eigenvalue weighted by atomic mass is 19.1. The molecular weight excluding hydrogens is 245 g/mol. The lowest BCUT2D eigenvalue weighted by atomic mass is 9.82. The van der Waals surface area contributed by atoms with E-state index in [2.05, 4.69) is 0 Å². The fourth-order valence-corrected chi connectivity index (χ4v) is 2.66. The Bertz CT molecular complexity index is 425. The lowest BCUT2D eigenvalue weighted by Gasteiger charge is -2.41. The van der Waals surface area contributed by atoms with E-state index in [0.29, 0.717) is 25.4 Å². The average Bonchev–Trinajstić information content (AvgIpc) is 2.42. The van der Waals surface area contributed by atoms with Gasteiger partial charge in [-0.1, -0.05) is 12.1 Å². The Labute approximate surface area is 113 Å². The predicted octanol–water partition coefficient (Wildman–Crippen LogP) is 2.72. The Morgan fingerprint density at radius 3 is 2.68 bits per heavy atom. The lowest BCUT2D eigenvalue weighted by molar-refractivity contribution is -0.121. The monoisotopic (exact) mass is 267 g/mol. The number of ether oxygens (including phenoxy) is 2. The van der Waals surface area contributed by atoms with E-state index in [1.165, 1.54) is 6.07 Å². The summed E-state index contributed by atoms with van der Waals surface area (Å²) in [6.45, 7) is 5.59. The molecule has 0 amide bonds. The van der Waals surface area contributed by atoms with Crippen LogP contribution in [-0.4, -0.2) is 25.4 Å². The molecule has 0 bridgehead atoms. The molecule has 19 heavy (non-hydrogen) atoms. The van der Waals surface area contributed by atoms with Gasteiger partial charge in [0.15, 0.2) is 0 Å². The van der Waals surface area contributed by atoms with Crippen molar-refractivity contribution in [2.45, 2.75) is 38.3 Å². The summed E-state index contributed by atoms with van der Waals surface area (Å²) in [5.74, 6) is -0.216. The summed E-state index contributed by atoms with van der Waals surface area (Å²) in [6, 6.07) is 4.85. The predicted molar refractivity (Wildman–Crippen MR) is 72.5 cm³/mol. The molecule has 1 aliphatic rings. The van der Waals surface area contributed by atoms with Gasteiger partial charge in [0, 0.05) is 32.7 Å². The standard InChI is InChI=1S/C15H22FNO2/c1-3-19-15(6-8-18-9-7-15)14(17)12-5-4-11(2)13(16)10-12/h4-5,10,14H,3,6-9,17H2,1-2H3. The van der Waals surface area contributed by atoms with Gasteiger partial charge in [-0.3, -0.25) is 0 Å². The zero-order chi connectivity index (χ0) is 13.9. The van der Waals surface area contributed by atoms with Crippen molar-refractivity contribution in [3.63, 3.8) is 0 Å². The van der Waals surface area contributed by atoms with Gasteiger partial charge in [0.25, 0.3) is 0 Å². The quantitative estimate of drug-likeness (QED) is 0.912. The summed E-state index contributed by atoms with van der Waals surface area (Å²) >= 11 is 0. The van der Waals surface area contributed by atoms with Crippen LogP contribution in [0.15, 0.2) is 18.2 Å². The van der Waals surface area contributed by atoms with Gasteiger partial charge in [-0.15, -0.1) is 0 Å². The number of halogens is 1. The Morgan fingerprint density at radius 2 is 2.11 bits per heavy atom. The fraction of sp³-hybridized carbons (Fsp3) is 0.600. The van der Waals surface area contributed by atoms with E-state index < -0.39 is 5.60 Å². The van der Waals surface area contributed by atoms with Crippen LogP contribution in [0.4, 0.5) is 4.39 Å². The highest BCUT2D eigenvalue weighted by Gasteiger charge is 2.40. The van der Waals surface area contributed by atoms with Crippen molar-refractivity contribution in [3.8, 4) is 0 Å². The van der Waals surface area contributed by atoms with Gasteiger partial charge in [-0.2, -0.15) is 0 Å². The van der Waals surface area contributed by atoms with Crippen LogP contribution in [0.25, 0.3) is 0 Å². The third kappa shape index (κ3) is 2.96. The largest absolute Gasteiger partial charge is 0.381 e. The number of benzene rings is 1. The number of aryl methyl sites for hydroxylation is 1. The van der Waals surface area contributed by atoms with Crippen LogP contribution in [0.1, 0.15) is 36.9 Å². The molecule has 4 heteroatoms. The van der Waals surface area contributed by atoms with Crippen molar-refractivity contribution in [1.29, 1.82) is 0 Å². The molecule has 1 fully saturated rings. The first-order chi connectivity index (χ1) is 9.09.